The molecule has 192 valence electrons. The molecule has 0 saturated carbocycles. The maximum atomic E-state index is 13.6. The summed E-state index contributed by atoms with van der Waals surface area (Å²) in [6.07, 6.45) is 1.49. The van der Waals surface area contributed by atoms with Crippen LogP contribution >= 0.6 is 11.6 Å². The number of hydrogen-bond acceptors (Lipinski definition) is 5. The topological polar surface area (TPSA) is 97.3 Å². The molecule has 0 bridgehead atoms. The maximum Gasteiger partial charge on any atom is 0.261 e. The molecule has 3 aromatic carbocycles. The summed E-state index contributed by atoms with van der Waals surface area (Å²) < 4.78 is 6.84. The number of halogens is 1. The Morgan fingerprint density at radius 1 is 0.947 bits per heavy atom. The number of aromatic nitrogens is 2. The van der Waals surface area contributed by atoms with E-state index in [1.165, 1.54) is 6.20 Å². The lowest BCUT2D eigenvalue weighted by molar-refractivity contribution is -0.113. The Bertz CT molecular complexity index is 1560. The Morgan fingerprint density at radius 2 is 1.68 bits per heavy atom. The minimum atomic E-state index is -0.668. The van der Waals surface area contributed by atoms with Gasteiger partial charge in [0.15, 0.2) is 0 Å². The third-order valence-electron chi connectivity index (χ3n) is 6.34. The van der Waals surface area contributed by atoms with Crippen LogP contribution in [-0.2, 0) is 4.79 Å². The number of benzene rings is 3. The van der Waals surface area contributed by atoms with E-state index in [9.17, 15) is 9.59 Å². The van der Waals surface area contributed by atoms with Crippen molar-refractivity contribution in [3.63, 3.8) is 0 Å². The fraction of sp³-hybridized carbons (Fsp3) is 0.138. The minimum Gasteiger partial charge on any atom is -0.497 e. The lowest BCUT2D eigenvalue weighted by Gasteiger charge is -2.30. The van der Waals surface area contributed by atoms with Crippen molar-refractivity contribution < 1.29 is 14.3 Å². The van der Waals surface area contributed by atoms with Crippen LogP contribution in [0, 0.1) is 6.92 Å². The largest absolute Gasteiger partial charge is 0.497 e. The molecule has 1 atom stereocenters. The van der Waals surface area contributed by atoms with Gasteiger partial charge in [0, 0.05) is 27.7 Å². The molecular weight excluding hydrogens is 502 g/mol. The summed E-state index contributed by atoms with van der Waals surface area (Å²) in [5, 5.41) is 14.1. The van der Waals surface area contributed by atoms with Crippen LogP contribution < -0.4 is 20.7 Å². The van der Waals surface area contributed by atoms with E-state index >= 15 is 0 Å². The van der Waals surface area contributed by atoms with E-state index < -0.39 is 6.04 Å². The number of carbonyl (C=O) groups is 2. The molecule has 3 N–H and O–H groups in total. The lowest BCUT2D eigenvalue weighted by atomic mass is 9.94. The summed E-state index contributed by atoms with van der Waals surface area (Å²) in [7, 11) is 1.58. The molecule has 8 nitrogen and oxygen atoms in total. The predicted molar refractivity (Wildman–Crippen MR) is 149 cm³/mol. The van der Waals surface area contributed by atoms with Crippen molar-refractivity contribution in [2.75, 3.05) is 23.1 Å². The summed E-state index contributed by atoms with van der Waals surface area (Å²) in [6, 6.07) is 21.3. The molecule has 0 aliphatic carbocycles. The number of methoxy groups -OCH3 is 1. The number of hydrogen-bond donors (Lipinski definition) is 3. The van der Waals surface area contributed by atoms with Crippen LogP contribution in [0.2, 0.25) is 5.02 Å². The van der Waals surface area contributed by atoms with Gasteiger partial charge in [-0.05, 0) is 61.9 Å². The van der Waals surface area contributed by atoms with Gasteiger partial charge < -0.3 is 20.7 Å². The van der Waals surface area contributed by atoms with Crippen molar-refractivity contribution in [1.29, 1.82) is 0 Å². The zero-order valence-electron chi connectivity index (χ0n) is 21.1. The van der Waals surface area contributed by atoms with E-state index in [0.29, 0.717) is 50.4 Å². The molecule has 5 rings (SSSR count). The lowest BCUT2D eigenvalue weighted by Crippen LogP contribution is -2.32. The molecule has 0 fully saturated rings. The number of allylic oxidation sites excluding steroid dienone is 1. The number of anilines is 3. The predicted octanol–water partition coefficient (Wildman–Crippen LogP) is 6.03. The van der Waals surface area contributed by atoms with Crippen molar-refractivity contribution in [2.45, 2.75) is 19.9 Å². The number of nitrogens with one attached hydrogen (secondary N) is 3. The third kappa shape index (κ3) is 4.86. The highest BCUT2D eigenvalue weighted by atomic mass is 35.5. The molecule has 1 aliphatic heterocycles. The average Bonchev–Trinajstić information content (AvgIpc) is 3.32. The highest BCUT2D eigenvalue weighted by molar-refractivity contribution is 6.31. The standard InChI is InChI=1S/C29H26ClN5O3/c1-17-7-6-8-20(15-17)34-28(36)23-16-31-35-26(22-9-4-5-10-24(22)30)25(18(2)32-27(23)35)29(37)33-19-11-13-21(38-3)14-12-19/h4-16,26,32H,1-3H3,(H,33,37)(H,34,36)/t26-/m1/s1. The van der Waals surface area contributed by atoms with Crippen molar-refractivity contribution in [3.8, 4) is 5.75 Å². The minimum absolute atomic E-state index is 0.318. The Labute approximate surface area is 225 Å². The Hall–Kier alpha value is -4.56. The van der Waals surface area contributed by atoms with Gasteiger partial charge in [-0.25, -0.2) is 4.68 Å². The van der Waals surface area contributed by atoms with Gasteiger partial charge >= 0.3 is 0 Å². The number of carbonyl (C=O) groups excluding carboxylic acids is 2. The van der Waals surface area contributed by atoms with Crippen molar-refractivity contribution in [3.05, 3.63) is 112 Å². The molecule has 2 heterocycles. The normalized spacial score (nSPS) is 14.4. The van der Waals surface area contributed by atoms with E-state index in [1.54, 1.807) is 49.0 Å². The van der Waals surface area contributed by atoms with E-state index in [0.717, 1.165) is 5.56 Å². The number of fused-ring (bicyclic) bond motifs is 1. The summed E-state index contributed by atoms with van der Waals surface area (Å²) in [5.41, 5.74) is 4.36. The van der Waals surface area contributed by atoms with Gasteiger partial charge in [-0.3, -0.25) is 9.59 Å². The van der Waals surface area contributed by atoms with Crippen LogP contribution in [0.3, 0.4) is 0 Å². The smallest absolute Gasteiger partial charge is 0.261 e. The summed E-state index contributed by atoms with van der Waals surface area (Å²) in [5.74, 6) is 0.515. The second-order valence-electron chi connectivity index (χ2n) is 8.95. The fourth-order valence-corrected chi connectivity index (χ4v) is 4.73. The Balaban J connectivity index is 1.53. The maximum absolute atomic E-state index is 13.6. The monoisotopic (exact) mass is 527 g/mol. The average molecular weight is 528 g/mol. The van der Waals surface area contributed by atoms with Crippen LogP contribution in [0.25, 0.3) is 0 Å². The summed E-state index contributed by atoms with van der Waals surface area (Å²) in [6.45, 7) is 3.76. The molecule has 9 heteroatoms. The molecule has 1 aliphatic rings. The molecule has 0 radical (unpaired) electrons. The SMILES string of the molecule is COc1ccc(NC(=O)C2=C(C)Nc3c(C(=O)Nc4cccc(C)c4)cnn3[C@@H]2c2ccccc2Cl)cc1. The third-order valence-corrected chi connectivity index (χ3v) is 6.68. The molecule has 0 unspecified atom stereocenters. The van der Waals surface area contributed by atoms with Crippen molar-refractivity contribution in [2.24, 2.45) is 0 Å². The van der Waals surface area contributed by atoms with E-state index in [1.807, 2.05) is 49.4 Å². The first-order valence-corrected chi connectivity index (χ1v) is 12.4. The van der Waals surface area contributed by atoms with Gasteiger partial charge in [0.2, 0.25) is 0 Å². The molecule has 4 aromatic rings. The Morgan fingerprint density at radius 3 is 2.39 bits per heavy atom. The first-order valence-electron chi connectivity index (χ1n) is 12.0. The second kappa shape index (κ2) is 10.4. The first-order chi connectivity index (χ1) is 18.4. The quantitative estimate of drug-likeness (QED) is 0.284. The molecule has 1 aromatic heterocycles. The van der Waals surface area contributed by atoms with Crippen LogP contribution in [0.5, 0.6) is 5.75 Å². The van der Waals surface area contributed by atoms with E-state index in [4.69, 9.17) is 16.3 Å². The van der Waals surface area contributed by atoms with Gasteiger partial charge in [0.05, 0.1) is 18.9 Å². The van der Waals surface area contributed by atoms with Gasteiger partial charge in [-0.15, -0.1) is 0 Å². The van der Waals surface area contributed by atoms with Gasteiger partial charge in [-0.2, -0.15) is 5.10 Å². The van der Waals surface area contributed by atoms with Crippen molar-refractivity contribution in [1.82, 2.24) is 9.78 Å². The number of aryl methyl sites for hydroxylation is 1. The summed E-state index contributed by atoms with van der Waals surface area (Å²) >= 11 is 6.62. The van der Waals surface area contributed by atoms with E-state index in [2.05, 4.69) is 21.0 Å². The molecule has 38 heavy (non-hydrogen) atoms. The van der Waals surface area contributed by atoms with Crippen LogP contribution in [-0.4, -0.2) is 28.7 Å². The zero-order chi connectivity index (χ0) is 26.8. The van der Waals surface area contributed by atoms with Crippen LogP contribution in [0.1, 0.15) is 34.5 Å². The number of ether oxygens (including phenoxy) is 1. The number of nitrogens with zero attached hydrogens (tertiary/aromatic N) is 2. The van der Waals surface area contributed by atoms with Gasteiger partial charge in [-0.1, -0.05) is 41.9 Å². The molecular formula is C29H26ClN5O3. The Kier molecular flexibility index (Phi) is 6.89. The van der Waals surface area contributed by atoms with Crippen molar-refractivity contribution >= 4 is 40.6 Å². The fourth-order valence-electron chi connectivity index (χ4n) is 4.49. The molecule has 0 spiro atoms. The highest BCUT2D eigenvalue weighted by Crippen LogP contribution is 2.40. The van der Waals surface area contributed by atoms with E-state index in [-0.39, 0.29) is 11.8 Å². The van der Waals surface area contributed by atoms with Gasteiger partial charge in [0.1, 0.15) is 23.2 Å². The van der Waals surface area contributed by atoms with Crippen LogP contribution in [0.4, 0.5) is 17.2 Å². The zero-order valence-corrected chi connectivity index (χ0v) is 21.8. The number of amides is 2. The molecule has 2 amide bonds. The van der Waals surface area contributed by atoms with Crippen LogP contribution in [0.15, 0.2) is 90.3 Å². The van der Waals surface area contributed by atoms with Gasteiger partial charge in [0.25, 0.3) is 11.8 Å². The second-order valence-corrected chi connectivity index (χ2v) is 9.35. The highest BCUT2D eigenvalue weighted by Gasteiger charge is 2.36. The summed E-state index contributed by atoms with van der Waals surface area (Å²) in [4.78, 5) is 26.9. The number of rotatable bonds is 6. The first kappa shape index (κ1) is 25.1. The molecule has 0 saturated heterocycles.